The Morgan fingerprint density at radius 3 is 2.77 bits per heavy atom. The van der Waals surface area contributed by atoms with Crippen LogP contribution >= 0.6 is 0 Å². The van der Waals surface area contributed by atoms with Crippen molar-refractivity contribution in [2.45, 2.75) is 26.1 Å². The number of carbonyl (C=O) groups is 1. The monoisotopic (exact) mass is 349 g/mol. The Morgan fingerprint density at radius 2 is 1.96 bits per heavy atom. The quantitative estimate of drug-likeness (QED) is 0.660. The Morgan fingerprint density at radius 1 is 1.19 bits per heavy atom. The molecule has 2 aromatic carbocycles. The molecule has 2 heterocycles. The van der Waals surface area contributed by atoms with Gasteiger partial charge in [-0.15, -0.1) is 0 Å². The third kappa shape index (κ3) is 3.09. The van der Waals surface area contributed by atoms with Crippen molar-refractivity contribution in [2.75, 3.05) is 6.54 Å². The Kier molecular flexibility index (Phi) is 4.69. The minimum atomic E-state index is -0.156. The summed E-state index contributed by atoms with van der Waals surface area (Å²) in [7, 11) is 0. The van der Waals surface area contributed by atoms with Crippen molar-refractivity contribution >= 4 is 16.8 Å². The number of hydrogen-bond acceptors (Lipinski definition) is 4. The van der Waals surface area contributed by atoms with Crippen LogP contribution in [-0.2, 0) is 17.9 Å². The molecule has 0 aliphatic carbocycles. The van der Waals surface area contributed by atoms with E-state index in [4.69, 9.17) is 0 Å². The van der Waals surface area contributed by atoms with Gasteiger partial charge < -0.3 is 5.32 Å². The molecule has 6 nitrogen and oxygen atoms in total. The molecule has 0 bridgehead atoms. The summed E-state index contributed by atoms with van der Waals surface area (Å²) in [6.07, 6.45) is 0. The number of hydrogen-bond donors (Lipinski definition) is 3. The van der Waals surface area contributed by atoms with Crippen LogP contribution in [0.15, 0.2) is 54.6 Å². The summed E-state index contributed by atoms with van der Waals surface area (Å²) < 4.78 is 1.97. The zero-order valence-electron chi connectivity index (χ0n) is 14.8. The number of aryl methyl sites for hydroxylation is 1. The van der Waals surface area contributed by atoms with Gasteiger partial charge in [-0.2, -0.15) is 5.10 Å². The molecule has 1 fully saturated rings. The van der Waals surface area contributed by atoms with E-state index >= 15 is 0 Å². The number of benzene rings is 2. The van der Waals surface area contributed by atoms with Crippen molar-refractivity contribution in [2.24, 2.45) is 5.92 Å². The lowest BCUT2D eigenvalue weighted by Crippen LogP contribution is -2.34. The van der Waals surface area contributed by atoms with E-state index in [2.05, 4.69) is 40.3 Å². The van der Waals surface area contributed by atoms with Gasteiger partial charge in [0.15, 0.2) is 0 Å². The highest BCUT2D eigenvalue weighted by molar-refractivity contribution is 5.84. The second-order valence-electron chi connectivity index (χ2n) is 6.52. The summed E-state index contributed by atoms with van der Waals surface area (Å²) in [6.45, 7) is 3.92. The van der Waals surface area contributed by atoms with Crippen LogP contribution < -0.4 is 16.2 Å². The highest BCUT2D eigenvalue weighted by Gasteiger charge is 2.33. The van der Waals surface area contributed by atoms with Gasteiger partial charge in [0.05, 0.1) is 29.7 Å². The highest BCUT2D eigenvalue weighted by atomic mass is 16.2. The highest BCUT2D eigenvalue weighted by Crippen LogP contribution is 2.25. The van der Waals surface area contributed by atoms with Gasteiger partial charge >= 0.3 is 0 Å². The average molecular weight is 349 g/mol. The van der Waals surface area contributed by atoms with Crippen LogP contribution in [0.1, 0.15) is 24.2 Å². The van der Waals surface area contributed by atoms with Gasteiger partial charge in [0, 0.05) is 18.5 Å². The number of hydrazine groups is 1. The molecule has 2 atom stereocenters. The molecular weight excluding hydrogens is 326 g/mol. The van der Waals surface area contributed by atoms with Crippen LogP contribution in [0.3, 0.4) is 0 Å². The number of aromatic nitrogens is 2. The van der Waals surface area contributed by atoms with Gasteiger partial charge in [0.2, 0.25) is 5.91 Å². The normalized spacial score (nSPS) is 19.7. The number of para-hydroxylation sites is 1. The first-order valence-corrected chi connectivity index (χ1v) is 9.03. The smallest absolute Gasteiger partial charge is 0.226 e. The molecule has 1 aliphatic heterocycles. The molecule has 1 aromatic heterocycles. The van der Waals surface area contributed by atoms with Gasteiger partial charge in [-0.1, -0.05) is 48.5 Å². The molecular formula is C20H23N5O. The fourth-order valence-electron chi connectivity index (χ4n) is 3.59. The van der Waals surface area contributed by atoms with E-state index in [1.807, 2.05) is 47.1 Å². The molecule has 4 rings (SSSR count). The Bertz CT molecular complexity index is 905. The maximum Gasteiger partial charge on any atom is 0.226 e. The van der Waals surface area contributed by atoms with Crippen LogP contribution in [0.25, 0.3) is 10.9 Å². The molecule has 0 saturated carbocycles. The molecule has 6 heteroatoms. The van der Waals surface area contributed by atoms with Crippen molar-refractivity contribution in [1.82, 2.24) is 25.9 Å². The second kappa shape index (κ2) is 7.27. The second-order valence-corrected chi connectivity index (χ2v) is 6.52. The number of amides is 1. The van der Waals surface area contributed by atoms with Gasteiger partial charge in [-0.05, 0) is 18.6 Å². The van der Waals surface area contributed by atoms with Crippen LogP contribution in [0, 0.1) is 5.92 Å². The van der Waals surface area contributed by atoms with E-state index in [9.17, 15) is 4.79 Å². The predicted molar refractivity (Wildman–Crippen MR) is 101 cm³/mol. The molecule has 0 radical (unpaired) electrons. The lowest BCUT2D eigenvalue weighted by atomic mass is 9.94. The first-order valence-electron chi connectivity index (χ1n) is 9.03. The van der Waals surface area contributed by atoms with Gasteiger partial charge in [-0.25, -0.2) is 5.43 Å². The molecule has 0 spiro atoms. The van der Waals surface area contributed by atoms with E-state index in [1.54, 1.807) is 0 Å². The molecule has 1 amide bonds. The zero-order valence-corrected chi connectivity index (χ0v) is 14.8. The molecule has 26 heavy (non-hydrogen) atoms. The number of carbonyl (C=O) groups excluding carboxylic acids is 1. The maximum atomic E-state index is 12.8. The molecule has 134 valence electrons. The Hall–Kier alpha value is -2.70. The van der Waals surface area contributed by atoms with Crippen molar-refractivity contribution in [3.05, 3.63) is 65.9 Å². The van der Waals surface area contributed by atoms with E-state index in [1.165, 1.54) is 0 Å². The van der Waals surface area contributed by atoms with Crippen molar-refractivity contribution in [3.8, 4) is 0 Å². The van der Waals surface area contributed by atoms with Crippen molar-refractivity contribution in [1.29, 1.82) is 0 Å². The Labute approximate surface area is 152 Å². The van der Waals surface area contributed by atoms with Crippen LogP contribution in [-0.4, -0.2) is 22.2 Å². The Balaban J connectivity index is 1.49. The summed E-state index contributed by atoms with van der Waals surface area (Å²) >= 11 is 0. The van der Waals surface area contributed by atoms with Crippen LogP contribution in [0.5, 0.6) is 0 Å². The number of rotatable bonds is 5. The topological polar surface area (TPSA) is 71.0 Å². The molecule has 1 saturated heterocycles. The first kappa shape index (κ1) is 16.8. The minimum Gasteiger partial charge on any atom is -0.350 e. The third-order valence-electron chi connectivity index (χ3n) is 4.94. The van der Waals surface area contributed by atoms with Crippen molar-refractivity contribution in [3.63, 3.8) is 0 Å². The summed E-state index contributed by atoms with van der Waals surface area (Å²) in [6, 6.07) is 18.2. The lowest BCUT2D eigenvalue weighted by Gasteiger charge is -2.18. The minimum absolute atomic E-state index is 0.0267. The largest absolute Gasteiger partial charge is 0.350 e. The summed E-state index contributed by atoms with van der Waals surface area (Å²) in [5, 5.41) is 8.82. The fourth-order valence-corrected chi connectivity index (χ4v) is 3.59. The molecule has 3 aromatic rings. The van der Waals surface area contributed by atoms with Crippen molar-refractivity contribution < 1.29 is 4.79 Å². The standard InChI is InChI=1S/C20H23N5O/c1-2-25-18-11-7-6-10-15(18)17(24-25)13-21-20(26)16-12-22-23-19(16)14-8-4-3-5-9-14/h3-11,16,19,22-23H,2,12-13H2,1H3,(H,21,26). The predicted octanol–water partition coefficient (Wildman–Crippen LogP) is 2.14. The number of nitrogens with one attached hydrogen (secondary N) is 3. The summed E-state index contributed by atoms with van der Waals surface area (Å²) in [4.78, 5) is 12.8. The van der Waals surface area contributed by atoms with E-state index in [0.717, 1.165) is 28.7 Å². The van der Waals surface area contributed by atoms with Gasteiger partial charge in [-0.3, -0.25) is 14.9 Å². The molecule has 2 unspecified atom stereocenters. The SMILES string of the molecule is CCn1nc(CNC(=O)C2CNNC2c2ccccc2)c2ccccc21. The first-order chi connectivity index (χ1) is 12.8. The summed E-state index contributed by atoms with van der Waals surface area (Å²) in [5.41, 5.74) is 9.45. The molecule has 1 aliphatic rings. The van der Waals surface area contributed by atoms with E-state index < -0.39 is 0 Å². The van der Waals surface area contributed by atoms with E-state index in [-0.39, 0.29) is 17.9 Å². The number of nitrogens with zero attached hydrogens (tertiary/aromatic N) is 2. The number of fused-ring (bicyclic) bond motifs is 1. The summed E-state index contributed by atoms with van der Waals surface area (Å²) in [5.74, 6) is -0.122. The molecule has 3 N–H and O–H groups in total. The van der Waals surface area contributed by atoms with E-state index in [0.29, 0.717) is 13.1 Å². The third-order valence-corrected chi connectivity index (χ3v) is 4.94. The lowest BCUT2D eigenvalue weighted by molar-refractivity contribution is -0.125. The van der Waals surface area contributed by atoms with Gasteiger partial charge in [0.1, 0.15) is 0 Å². The zero-order chi connectivity index (χ0) is 17.9. The van der Waals surface area contributed by atoms with Crippen LogP contribution in [0.4, 0.5) is 0 Å². The average Bonchev–Trinajstić information content (AvgIpc) is 3.32. The van der Waals surface area contributed by atoms with Gasteiger partial charge in [0.25, 0.3) is 0 Å². The maximum absolute atomic E-state index is 12.8. The fraction of sp³-hybridized carbons (Fsp3) is 0.300. The van der Waals surface area contributed by atoms with Crippen LogP contribution in [0.2, 0.25) is 0 Å².